The van der Waals surface area contributed by atoms with Crippen LogP contribution in [0.5, 0.6) is 0 Å². The average Bonchev–Trinajstić information content (AvgIpc) is 3.25. The molecular weight excluding hydrogens is 232 g/mol. The zero-order chi connectivity index (χ0) is 13.9. The van der Waals surface area contributed by atoms with Crippen molar-refractivity contribution in [2.24, 2.45) is 17.6 Å². The molecule has 2 atom stereocenters. The van der Waals surface area contributed by atoms with Crippen LogP contribution in [-0.2, 0) is 0 Å². The van der Waals surface area contributed by atoms with Crippen LogP contribution in [0.25, 0.3) is 0 Å². The molecule has 0 bridgehead atoms. The Morgan fingerprint density at radius 3 is 2.26 bits per heavy atom. The van der Waals surface area contributed by atoms with Gasteiger partial charge in [-0.2, -0.15) is 0 Å². The fraction of sp³-hybridized carbons (Fsp3) is 1.00. The van der Waals surface area contributed by atoms with Gasteiger partial charge in [-0.15, -0.1) is 0 Å². The highest BCUT2D eigenvalue weighted by atomic mass is 14.9. The molecule has 0 aliphatic heterocycles. The molecule has 0 aromatic carbocycles. The molecule has 0 saturated heterocycles. The number of nitrogens with one attached hydrogen (secondary N) is 1. The number of unbranched alkanes of at least 4 members (excludes halogenated alkanes) is 6. The summed E-state index contributed by atoms with van der Waals surface area (Å²) in [5, 5.41) is 3.68. The molecule has 114 valence electrons. The smallest absolute Gasteiger partial charge is 0.0190 e. The van der Waals surface area contributed by atoms with E-state index >= 15 is 0 Å². The number of hydrogen-bond donors (Lipinski definition) is 2. The molecule has 0 aromatic heterocycles. The molecule has 1 aliphatic carbocycles. The zero-order valence-corrected chi connectivity index (χ0v) is 13.3. The van der Waals surface area contributed by atoms with E-state index in [1.807, 2.05) is 0 Å². The molecule has 2 heteroatoms. The van der Waals surface area contributed by atoms with Crippen molar-refractivity contribution in [3.8, 4) is 0 Å². The Morgan fingerprint density at radius 1 is 1.05 bits per heavy atom. The lowest BCUT2D eigenvalue weighted by Gasteiger charge is -2.19. The molecule has 19 heavy (non-hydrogen) atoms. The van der Waals surface area contributed by atoms with E-state index in [2.05, 4.69) is 19.2 Å². The molecular formula is C17H36N2. The minimum atomic E-state index is 0.553. The van der Waals surface area contributed by atoms with E-state index in [1.165, 1.54) is 70.8 Å². The van der Waals surface area contributed by atoms with Gasteiger partial charge in [-0.1, -0.05) is 58.8 Å². The Bertz CT molecular complexity index is 201. The van der Waals surface area contributed by atoms with Gasteiger partial charge < -0.3 is 11.1 Å². The van der Waals surface area contributed by atoms with Gasteiger partial charge in [-0.25, -0.2) is 0 Å². The normalized spacial score (nSPS) is 18.5. The third-order valence-corrected chi connectivity index (χ3v) is 4.60. The Balaban J connectivity index is 1.92. The van der Waals surface area contributed by atoms with Crippen LogP contribution < -0.4 is 11.1 Å². The van der Waals surface area contributed by atoms with Crippen LogP contribution in [0.15, 0.2) is 0 Å². The van der Waals surface area contributed by atoms with Crippen LogP contribution in [0.2, 0.25) is 0 Å². The standard InChI is InChI=1S/C17H36N2/c1-3-4-5-6-7-8-9-10-17(13-18)19-14-15(2)16-11-12-16/h15-17,19H,3-14,18H2,1-2H3. The summed E-state index contributed by atoms with van der Waals surface area (Å²) in [6.45, 7) is 6.63. The van der Waals surface area contributed by atoms with Crippen LogP contribution >= 0.6 is 0 Å². The second kappa shape index (κ2) is 10.7. The van der Waals surface area contributed by atoms with Crippen molar-refractivity contribution >= 4 is 0 Å². The first-order valence-corrected chi connectivity index (χ1v) is 8.71. The average molecular weight is 268 g/mol. The Hall–Kier alpha value is -0.0800. The summed E-state index contributed by atoms with van der Waals surface area (Å²) in [6, 6.07) is 0.553. The van der Waals surface area contributed by atoms with Gasteiger partial charge in [0, 0.05) is 12.6 Å². The van der Waals surface area contributed by atoms with Crippen molar-refractivity contribution in [2.75, 3.05) is 13.1 Å². The lowest BCUT2D eigenvalue weighted by molar-refractivity contribution is 0.395. The van der Waals surface area contributed by atoms with Gasteiger partial charge >= 0.3 is 0 Å². The molecule has 0 aromatic rings. The van der Waals surface area contributed by atoms with Crippen LogP contribution in [-0.4, -0.2) is 19.1 Å². The summed E-state index contributed by atoms with van der Waals surface area (Å²) in [6.07, 6.45) is 13.9. The molecule has 0 radical (unpaired) electrons. The largest absolute Gasteiger partial charge is 0.329 e. The van der Waals surface area contributed by atoms with Crippen molar-refractivity contribution in [1.29, 1.82) is 0 Å². The summed E-state index contributed by atoms with van der Waals surface area (Å²) in [5.74, 6) is 1.85. The molecule has 0 heterocycles. The third kappa shape index (κ3) is 8.65. The summed E-state index contributed by atoms with van der Waals surface area (Å²) in [5.41, 5.74) is 5.87. The molecule has 2 unspecified atom stereocenters. The van der Waals surface area contributed by atoms with Crippen molar-refractivity contribution in [3.63, 3.8) is 0 Å². The lowest BCUT2D eigenvalue weighted by atomic mass is 10.0. The topological polar surface area (TPSA) is 38.0 Å². The highest BCUT2D eigenvalue weighted by Crippen LogP contribution is 2.36. The van der Waals surface area contributed by atoms with Crippen molar-refractivity contribution in [2.45, 2.75) is 84.1 Å². The summed E-state index contributed by atoms with van der Waals surface area (Å²) < 4.78 is 0. The van der Waals surface area contributed by atoms with Crippen LogP contribution in [0.1, 0.15) is 78.1 Å². The van der Waals surface area contributed by atoms with Gasteiger partial charge in [-0.3, -0.25) is 0 Å². The fourth-order valence-electron chi connectivity index (χ4n) is 2.84. The molecule has 0 amide bonds. The van der Waals surface area contributed by atoms with Gasteiger partial charge in [0.2, 0.25) is 0 Å². The Morgan fingerprint density at radius 2 is 1.68 bits per heavy atom. The van der Waals surface area contributed by atoms with Crippen LogP contribution in [0.4, 0.5) is 0 Å². The van der Waals surface area contributed by atoms with Crippen LogP contribution in [0, 0.1) is 11.8 Å². The minimum absolute atomic E-state index is 0.553. The van der Waals surface area contributed by atoms with Gasteiger partial charge in [0.05, 0.1) is 0 Å². The van der Waals surface area contributed by atoms with Gasteiger partial charge in [0.15, 0.2) is 0 Å². The minimum Gasteiger partial charge on any atom is -0.329 e. The van der Waals surface area contributed by atoms with E-state index in [4.69, 9.17) is 5.73 Å². The third-order valence-electron chi connectivity index (χ3n) is 4.60. The SMILES string of the molecule is CCCCCCCCCC(CN)NCC(C)C1CC1. The molecule has 2 nitrogen and oxygen atoms in total. The highest BCUT2D eigenvalue weighted by molar-refractivity contribution is 4.81. The van der Waals surface area contributed by atoms with Gasteiger partial charge in [-0.05, 0) is 37.6 Å². The predicted octanol–water partition coefficient (Wildman–Crippen LogP) is 4.09. The zero-order valence-electron chi connectivity index (χ0n) is 13.3. The molecule has 1 fully saturated rings. The Labute approximate surface area is 120 Å². The fourth-order valence-corrected chi connectivity index (χ4v) is 2.84. The van der Waals surface area contributed by atoms with E-state index in [9.17, 15) is 0 Å². The Kier molecular flexibility index (Phi) is 9.54. The van der Waals surface area contributed by atoms with E-state index in [-0.39, 0.29) is 0 Å². The maximum absolute atomic E-state index is 5.87. The quantitative estimate of drug-likeness (QED) is 0.494. The number of nitrogens with two attached hydrogens (primary N) is 1. The lowest BCUT2D eigenvalue weighted by Crippen LogP contribution is -2.38. The molecule has 0 spiro atoms. The van der Waals surface area contributed by atoms with Gasteiger partial charge in [0.25, 0.3) is 0 Å². The second-order valence-corrected chi connectivity index (χ2v) is 6.57. The van der Waals surface area contributed by atoms with Crippen LogP contribution in [0.3, 0.4) is 0 Å². The van der Waals surface area contributed by atoms with Crippen molar-refractivity contribution in [1.82, 2.24) is 5.32 Å². The highest BCUT2D eigenvalue weighted by Gasteiger charge is 2.27. The first-order valence-electron chi connectivity index (χ1n) is 8.71. The van der Waals surface area contributed by atoms with E-state index < -0.39 is 0 Å². The summed E-state index contributed by atoms with van der Waals surface area (Å²) in [7, 11) is 0. The summed E-state index contributed by atoms with van der Waals surface area (Å²) >= 11 is 0. The van der Waals surface area contributed by atoms with Crippen molar-refractivity contribution in [3.05, 3.63) is 0 Å². The maximum Gasteiger partial charge on any atom is 0.0190 e. The molecule has 1 saturated carbocycles. The van der Waals surface area contributed by atoms with E-state index in [0.717, 1.165) is 18.4 Å². The number of hydrogen-bond acceptors (Lipinski definition) is 2. The first kappa shape index (κ1) is 17.0. The second-order valence-electron chi connectivity index (χ2n) is 6.57. The monoisotopic (exact) mass is 268 g/mol. The molecule has 3 N–H and O–H groups in total. The summed E-state index contributed by atoms with van der Waals surface area (Å²) in [4.78, 5) is 0. The number of rotatable bonds is 13. The predicted molar refractivity (Wildman–Crippen MR) is 85.3 cm³/mol. The van der Waals surface area contributed by atoms with Gasteiger partial charge in [0.1, 0.15) is 0 Å². The maximum atomic E-state index is 5.87. The first-order chi connectivity index (χ1) is 9.27. The molecule has 1 rings (SSSR count). The van der Waals surface area contributed by atoms with E-state index in [0.29, 0.717) is 6.04 Å². The van der Waals surface area contributed by atoms with Crippen molar-refractivity contribution < 1.29 is 0 Å². The van der Waals surface area contributed by atoms with E-state index in [1.54, 1.807) is 0 Å². The molecule has 1 aliphatic rings.